The zero-order valence-corrected chi connectivity index (χ0v) is 16.4. The van der Waals surface area contributed by atoms with Crippen LogP contribution in [-0.4, -0.2) is 79.0 Å². The van der Waals surface area contributed by atoms with Gasteiger partial charge in [0.15, 0.2) is 5.78 Å². The number of nitrogens with zero attached hydrogens (tertiary/aromatic N) is 3. The number of nitrogens with one attached hydrogen (secondary N) is 1. The topological polar surface area (TPSA) is 74.8 Å². The summed E-state index contributed by atoms with van der Waals surface area (Å²) in [5.74, 6) is 0.140. The average Bonchev–Trinajstić information content (AvgIpc) is 2.68. The van der Waals surface area contributed by atoms with Crippen molar-refractivity contribution in [1.82, 2.24) is 14.8 Å². The number of morpholine rings is 1. The molecule has 27 heavy (non-hydrogen) atoms. The molecular weight excluding hydrogens is 344 g/mol. The monoisotopic (exact) mass is 374 g/mol. The average molecular weight is 374 g/mol. The van der Waals surface area contributed by atoms with Crippen LogP contribution < -0.4 is 5.32 Å². The van der Waals surface area contributed by atoms with Gasteiger partial charge in [0.1, 0.15) is 5.69 Å². The number of ether oxygens (including phenoxy) is 1. The summed E-state index contributed by atoms with van der Waals surface area (Å²) in [4.78, 5) is 33.4. The Labute approximate surface area is 161 Å². The Kier molecular flexibility index (Phi) is 6.93. The molecule has 0 saturated carbocycles. The first kappa shape index (κ1) is 19.9. The Morgan fingerprint density at radius 3 is 2.74 bits per heavy atom. The van der Waals surface area contributed by atoms with Crippen molar-refractivity contribution in [3.63, 3.8) is 0 Å². The van der Waals surface area contributed by atoms with E-state index in [1.54, 1.807) is 6.20 Å². The molecule has 2 saturated heterocycles. The quantitative estimate of drug-likeness (QED) is 0.765. The van der Waals surface area contributed by atoms with E-state index in [0.29, 0.717) is 37.1 Å². The van der Waals surface area contributed by atoms with E-state index in [2.05, 4.69) is 27.0 Å². The Hall–Kier alpha value is -1.83. The minimum atomic E-state index is -0.137. The summed E-state index contributed by atoms with van der Waals surface area (Å²) in [6, 6.07) is 1.95. The van der Waals surface area contributed by atoms with Crippen LogP contribution in [0.2, 0.25) is 0 Å². The Balaban J connectivity index is 1.73. The summed E-state index contributed by atoms with van der Waals surface area (Å²) in [5, 5.41) is 2.93. The number of pyridine rings is 1. The van der Waals surface area contributed by atoms with Gasteiger partial charge in [0.25, 0.3) is 0 Å². The zero-order valence-electron chi connectivity index (χ0n) is 16.4. The van der Waals surface area contributed by atoms with Crippen LogP contribution in [-0.2, 0) is 9.53 Å². The molecule has 1 aromatic rings. The second kappa shape index (κ2) is 9.39. The predicted octanol–water partition coefficient (Wildman–Crippen LogP) is 1.75. The summed E-state index contributed by atoms with van der Waals surface area (Å²) >= 11 is 0. The second-order valence-electron chi connectivity index (χ2n) is 7.39. The van der Waals surface area contributed by atoms with Crippen molar-refractivity contribution >= 4 is 17.4 Å². The summed E-state index contributed by atoms with van der Waals surface area (Å²) in [6.45, 7) is 9.94. The number of piperidine rings is 1. The molecule has 0 spiro atoms. The van der Waals surface area contributed by atoms with E-state index in [1.165, 1.54) is 6.92 Å². The highest BCUT2D eigenvalue weighted by Crippen LogP contribution is 2.29. The van der Waals surface area contributed by atoms with Gasteiger partial charge in [-0.05, 0) is 43.5 Å². The number of carbonyl (C=O) groups is 2. The molecule has 0 aromatic carbocycles. The number of ketones is 1. The van der Waals surface area contributed by atoms with Gasteiger partial charge < -0.3 is 15.0 Å². The Morgan fingerprint density at radius 1 is 1.26 bits per heavy atom. The van der Waals surface area contributed by atoms with Crippen LogP contribution >= 0.6 is 0 Å². The summed E-state index contributed by atoms with van der Waals surface area (Å²) < 4.78 is 5.32. The molecule has 0 bridgehead atoms. The highest BCUT2D eigenvalue weighted by atomic mass is 16.5. The molecule has 3 rings (SSSR count). The number of anilines is 1. The molecule has 1 unspecified atom stereocenters. The molecule has 7 heteroatoms. The molecule has 0 aliphatic carbocycles. The predicted molar refractivity (Wildman–Crippen MR) is 104 cm³/mol. The van der Waals surface area contributed by atoms with Crippen LogP contribution in [0.4, 0.5) is 5.69 Å². The summed E-state index contributed by atoms with van der Waals surface area (Å²) in [5.41, 5.74) is 1.96. The molecule has 1 atom stereocenters. The van der Waals surface area contributed by atoms with Gasteiger partial charge in [-0.25, -0.2) is 0 Å². The van der Waals surface area contributed by atoms with E-state index in [9.17, 15) is 9.59 Å². The summed E-state index contributed by atoms with van der Waals surface area (Å²) in [7, 11) is 0. The van der Waals surface area contributed by atoms with Crippen LogP contribution in [0.15, 0.2) is 12.3 Å². The van der Waals surface area contributed by atoms with Crippen LogP contribution in [0.3, 0.4) is 0 Å². The van der Waals surface area contributed by atoms with E-state index < -0.39 is 0 Å². The number of likely N-dealkylation sites (N-methyl/N-ethyl adjacent to an activating group) is 1. The lowest BCUT2D eigenvalue weighted by atomic mass is 9.91. The van der Waals surface area contributed by atoms with Gasteiger partial charge in [-0.3, -0.25) is 19.5 Å². The van der Waals surface area contributed by atoms with Crippen LogP contribution in [0.25, 0.3) is 0 Å². The molecule has 1 amide bonds. The van der Waals surface area contributed by atoms with Gasteiger partial charge in [0.2, 0.25) is 5.91 Å². The maximum Gasteiger partial charge on any atom is 0.238 e. The zero-order chi connectivity index (χ0) is 19.2. The minimum Gasteiger partial charge on any atom is -0.379 e. The largest absolute Gasteiger partial charge is 0.379 e. The third kappa shape index (κ3) is 5.34. The Morgan fingerprint density at radius 2 is 2.04 bits per heavy atom. The molecule has 1 N–H and O–H groups in total. The van der Waals surface area contributed by atoms with Crippen molar-refractivity contribution in [2.45, 2.75) is 32.6 Å². The van der Waals surface area contributed by atoms with E-state index in [-0.39, 0.29) is 11.7 Å². The lowest BCUT2D eigenvalue weighted by Crippen LogP contribution is -2.41. The van der Waals surface area contributed by atoms with Crippen molar-refractivity contribution < 1.29 is 14.3 Å². The number of likely N-dealkylation sites (tertiary alicyclic amines) is 1. The lowest BCUT2D eigenvalue weighted by Gasteiger charge is -2.32. The number of Topliss-reactive ketones (excluding diaryl/α,β-unsaturated/α-hetero) is 1. The van der Waals surface area contributed by atoms with E-state index >= 15 is 0 Å². The van der Waals surface area contributed by atoms with Crippen LogP contribution in [0.1, 0.15) is 48.7 Å². The number of hydrogen-bond donors (Lipinski definition) is 1. The smallest absolute Gasteiger partial charge is 0.238 e. The third-order valence-corrected chi connectivity index (χ3v) is 5.41. The molecule has 3 heterocycles. The first-order valence-electron chi connectivity index (χ1n) is 9.90. The molecule has 1 aromatic heterocycles. The van der Waals surface area contributed by atoms with Crippen molar-refractivity contribution in [3.05, 3.63) is 23.5 Å². The van der Waals surface area contributed by atoms with Gasteiger partial charge in [0.05, 0.1) is 25.4 Å². The molecule has 7 nitrogen and oxygen atoms in total. The van der Waals surface area contributed by atoms with Gasteiger partial charge in [-0.2, -0.15) is 0 Å². The molecule has 2 aliphatic rings. The third-order valence-electron chi connectivity index (χ3n) is 5.41. The van der Waals surface area contributed by atoms with Crippen molar-refractivity contribution in [2.24, 2.45) is 0 Å². The van der Waals surface area contributed by atoms with Gasteiger partial charge >= 0.3 is 0 Å². The van der Waals surface area contributed by atoms with Gasteiger partial charge in [0, 0.05) is 32.8 Å². The number of carbonyl (C=O) groups excluding carboxylic acids is 2. The minimum absolute atomic E-state index is 0.114. The number of rotatable bonds is 6. The van der Waals surface area contributed by atoms with E-state index in [4.69, 9.17) is 4.74 Å². The molecule has 2 fully saturated rings. The molecular formula is C20H30N4O3. The molecule has 0 radical (unpaired) electrons. The first-order chi connectivity index (χ1) is 13.1. The fourth-order valence-electron chi connectivity index (χ4n) is 3.85. The fourth-order valence-corrected chi connectivity index (χ4v) is 3.85. The number of hydrogen-bond acceptors (Lipinski definition) is 6. The van der Waals surface area contributed by atoms with E-state index in [0.717, 1.165) is 51.1 Å². The lowest BCUT2D eigenvalue weighted by molar-refractivity contribution is -0.118. The Bertz CT molecular complexity index is 673. The van der Waals surface area contributed by atoms with Crippen LogP contribution in [0.5, 0.6) is 0 Å². The number of aromatic nitrogens is 1. The maximum atomic E-state index is 12.5. The van der Waals surface area contributed by atoms with Crippen LogP contribution in [0, 0.1) is 0 Å². The first-order valence-corrected chi connectivity index (χ1v) is 9.90. The standard InChI is InChI=1S/C20H30N4O3/c1-3-23-6-4-5-16(13-23)17-11-18(20(15(2)25)21-12-17)22-19(26)14-24-7-9-27-10-8-24/h11-12,16H,3-10,13-14H2,1-2H3,(H,22,26). The number of amides is 1. The van der Waals surface area contributed by atoms with Crippen molar-refractivity contribution in [3.8, 4) is 0 Å². The summed E-state index contributed by atoms with van der Waals surface area (Å²) in [6.07, 6.45) is 4.07. The van der Waals surface area contributed by atoms with Crippen molar-refractivity contribution in [2.75, 3.05) is 57.8 Å². The highest BCUT2D eigenvalue weighted by molar-refractivity contribution is 6.02. The molecule has 148 valence electrons. The van der Waals surface area contributed by atoms with E-state index in [1.807, 2.05) is 6.07 Å². The highest BCUT2D eigenvalue weighted by Gasteiger charge is 2.23. The van der Waals surface area contributed by atoms with Gasteiger partial charge in [-0.1, -0.05) is 6.92 Å². The second-order valence-corrected chi connectivity index (χ2v) is 7.39. The normalized spacial score (nSPS) is 21.8. The maximum absolute atomic E-state index is 12.5. The van der Waals surface area contributed by atoms with Gasteiger partial charge in [-0.15, -0.1) is 0 Å². The molecule has 2 aliphatic heterocycles. The SMILES string of the molecule is CCN1CCCC(c2cnc(C(C)=O)c(NC(=O)CN3CCOCC3)c2)C1. The van der Waals surface area contributed by atoms with Crippen molar-refractivity contribution in [1.29, 1.82) is 0 Å². The fraction of sp³-hybridized carbons (Fsp3) is 0.650.